The summed E-state index contributed by atoms with van der Waals surface area (Å²) in [4.78, 5) is 27.0. The van der Waals surface area contributed by atoms with Gasteiger partial charge >= 0.3 is 0 Å². The van der Waals surface area contributed by atoms with Crippen molar-refractivity contribution >= 4 is 11.8 Å². The summed E-state index contributed by atoms with van der Waals surface area (Å²) in [6, 6.07) is 9.44. The number of benzene rings is 1. The summed E-state index contributed by atoms with van der Waals surface area (Å²) in [7, 11) is 1.65. The number of aromatic nitrogens is 3. The fraction of sp³-hybridized carbons (Fsp3) is 0.474. The molecule has 27 heavy (non-hydrogen) atoms. The van der Waals surface area contributed by atoms with Gasteiger partial charge in [0.1, 0.15) is 0 Å². The number of nitrogens with one attached hydrogen (secondary N) is 1. The average molecular weight is 369 g/mol. The lowest BCUT2D eigenvalue weighted by molar-refractivity contribution is -0.131. The van der Waals surface area contributed by atoms with Crippen LogP contribution in [0.2, 0.25) is 0 Å². The average Bonchev–Trinajstić information content (AvgIpc) is 3.23. The lowest BCUT2D eigenvalue weighted by Gasteiger charge is -2.45. The Balaban J connectivity index is 1.54. The van der Waals surface area contributed by atoms with Crippen LogP contribution in [-0.2, 0) is 9.53 Å². The summed E-state index contributed by atoms with van der Waals surface area (Å²) in [6.07, 6.45) is 3.81. The van der Waals surface area contributed by atoms with Crippen molar-refractivity contribution in [3.8, 4) is 5.69 Å². The molecule has 1 N–H and O–H groups in total. The number of ether oxygens (including phenoxy) is 1. The van der Waals surface area contributed by atoms with E-state index in [2.05, 4.69) is 15.6 Å². The number of hydrogen-bond acceptors (Lipinski definition) is 5. The smallest absolute Gasteiger partial charge is 0.276 e. The maximum Gasteiger partial charge on any atom is 0.276 e. The second-order valence-electron chi connectivity index (χ2n) is 6.98. The molecule has 0 radical (unpaired) electrons. The molecule has 1 aliphatic heterocycles. The van der Waals surface area contributed by atoms with Gasteiger partial charge in [0, 0.05) is 19.5 Å². The van der Waals surface area contributed by atoms with Crippen LogP contribution in [0, 0.1) is 5.92 Å². The number of nitrogens with zero attached hydrogens (tertiary/aromatic N) is 4. The van der Waals surface area contributed by atoms with Crippen LogP contribution in [0.25, 0.3) is 5.69 Å². The zero-order valence-corrected chi connectivity index (χ0v) is 15.2. The minimum Gasteiger partial charge on any atom is -0.374 e. The fourth-order valence-corrected chi connectivity index (χ4v) is 4.02. The van der Waals surface area contributed by atoms with Gasteiger partial charge in [0.25, 0.3) is 5.91 Å². The Morgan fingerprint density at radius 1 is 1.22 bits per heavy atom. The Morgan fingerprint density at radius 3 is 2.81 bits per heavy atom. The molecule has 2 heterocycles. The van der Waals surface area contributed by atoms with Crippen LogP contribution in [0.15, 0.2) is 36.5 Å². The Morgan fingerprint density at radius 2 is 2.04 bits per heavy atom. The summed E-state index contributed by atoms with van der Waals surface area (Å²) in [5.41, 5.74) is 1.16. The van der Waals surface area contributed by atoms with E-state index in [1.165, 1.54) is 0 Å². The SMILES string of the molecule is CNC(=O)[C@H]1CC[C@H]2OCCN(C(=O)c3cn(-c4ccccc4)nn3)[C@@H]2C1. The minimum atomic E-state index is -0.159. The van der Waals surface area contributed by atoms with Gasteiger partial charge in [0.15, 0.2) is 5.69 Å². The van der Waals surface area contributed by atoms with Crippen molar-refractivity contribution in [3.05, 3.63) is 42.2 Å². The first-order valence-corrected chi connectivity index (χ1v) is 9.29. The number of fused-ring (bicyclic) bond motifs is 1. The van der Waals surface area contributed by atoms with E-state index >= 15 is 0 Å². The lowest BCUT2D eigenvalue weighted by Crippen LogP contribution is -2.57. The molecule has 142 valence electrons. The van der Waals surface area contributed by atoms with Gasteiger partial charge < -0.3 is 15.0 Å². The van der Waals surface area contributed by atoms with Gasteiger partial charge in [-0.1, -0.05) is 23.4 Å². The molecule has 1 aromatic carbocycles. The molecule has 0 unspecified atom stereocenters. The maximum absolute atomic E-state index is 13.1. The first-order valence-electron chi connectivity index (χ1n) is 9.29. The zero-order valence-electron chi connectivity index (χ0n) is 15.2. The van der Waals surface area contributed by atoms with Gasteiger partial charge in [-0.25, -0.2) is 4.68 Å². The number of hydrogen-bond donors (Lipinski definition) is 1. The molecule has 8 nitrogen and oxygen atoms in total. The molecular weight excluding hydrogens is 346 g/mol. The molecule has 8 heteroatoms. The molecule has 0 spiro atoms. The fourth-order valence-electron chi connectivity index (χ4n) is 4.02. The van der Waals surface area contributed by atoms with Crippen LogP contribution in [0.3, 0.4) is 0 Å². The molecule has 4 rings (SSSR count). The van der Waals surface area contributed by atoms with Gasteiger partial charge in [-0.2, -0.15) is 0 Å². The number of rotatable bonds is 3. The van der Waals surface area contributed by atoms with Gasteiger partial charge in [-0.05, 0) is 31.4 Å². The normalized spacial score (nSPS) is 24.9. The molecule has 1 saturated carbocycles. The second-order valence-corrected chi connectivity index (χ2v) is 6.98. The van der Waals surface area contributed by atoms with E-state index in [1.807, 2.05) is 35.2 Å². The van der Waals surface area contributed by atoms with E-state index in [4.69, 9.17) is 4.74 Å². The Bertz CT molecular complexity index is 822. The van der Waals surface area contributed by atoms with E-state index in [0.717, 1.165) is 18.5 Å². The molecular formula is C19H23N5O3. The summed E-state index contributed by atoms with van der Waals surface area (Å²) in [5.74, 6) is -0.220. The second kappa shape index (κ2) is 7.48. The van der Waals surface area contributed by atoms with Crippen molar-refractivity contribution in [2.24, 2.45) is 5.92 Å². The highest BCUT2D eigenvalue weighted by Gasteiger charge is 2.42. The number of morpholine rings is 1. The molecule has 2 fully saturated rings. The molecule has 0 bridgehead atoms. The van der Waals surface area contributed by atoms with Crippen molar-refractivity contribution in [2.75, 3.05) is 20.2 Å². The topological polar surface area (TPSA) is 89.4 Å². The van der Waals surface area contributed by atoms with Crippen LogP contribution < -0.4 is 5.32 Å². The molecule has 1 aromatic heterocycles. The minimum absolute atomic E-state index is 0.0206. The van der Waals surface area contributed by atoms with Crippen LogP contribution in [0.5, 0.6) is 0 Å². The van der Waals surface area contributed by atoms with Gasteiger partial charge in [0.2, 0.25) is 5.91 Å². The van der Waals surface area contributed by atoms with Crippen molar-refractivity contribution in [2.45, 2.75) is 31.4 Å². The third kappa shape index (κ3) is 3.44. The molecule has 2 aromatic rings. The monoisotopic (exact) mass is 369 g/mol. The van der Waals surface area contributed by atoms with E-state index in [9.17, 15) is 9.59 Å². The number of carbonyl (C=O) groups is 2. The van der Waals surface area contributed by atoms with E-state index in [-0.39, 0.29) is 29.9 Å². The van der Waals surface area contributed by atoms with E-state index < -0.39 is 0 Å². The largest absolute Gasteiger partial charge is 0.374 e. The zero-order chi connectivity index (χ0) is 18.8. The molecule has 2 aliphatic rings. The van der Waals surface area contributed by atoms with Crippen LogP contribution in [0.1, 0.15) is 29.8 Å². The highest BCUT2D eigenvalue weighted by molar-refractivity contribution is 5.92. The molecule has 1 saturated heterocycles. The van der Waals surface area contributed by atoms with Gasteiger partial charge in [-0.15, -0.1) is 5.10 Å². The van der Waals surface area contributed by atoms with E-state index in [1.54, 1.807) is 17.9 Å². The van der Waals surface area contributed by atoms with Crippen molar-refractivity contribution in [1.29, 1.82) is 0 Å². The van der Waals surface area contributed by atoms with Crippen LogP contribution in [0.4, 0.5) is 0 Å². The van der Waals surface area contributed by atoms with Gasteiger partial charge in [-0.3, -0.25) is 9.59 Å². The Labute approximate surface area is 157 Å². The predicted molar refractivity (Wildman–Crippen MR) is 97.3 cm³/mol. The highest BCUT2D eigenvalue weighted by atomic mass is 16.5. The first kappa shape index (κ1) is 17.7. The number of para-hydroxylation sites is 1. The Kier molecular flexibility index (Phi) is 4.89. The molecule has 1 aliphatic carbocycles. The van der Waals surface area contributed by atoms with Gasteiger partial charge in [0.05, 0.1) is 30.6 Å². The standard InChI is InChI=1S/C19H23N5O3/c1-20-18(25)13-7-8-17-16(11-13)23(9-10-27-17)19(26)15-12-24(22-21-15)14-5-3-2-4-6-14/h2-6,12-13,16-17H,7-11H2,1H3,(H,20,25)/t13-,16+,17+/m0/s1. The molecule has 3 atom stereocenters. The summed E-state index contributed by atoms with van der Waals surface area (Å²) < 4.78 is 7.46. The third-order valence-corrected chi connectivity index (χ3v) is 5.43. The summed E-state index contributed by atoms with van der Waals surface area (Å²) in [6.45, 7) is 1.00. The van der Waals surface area contributed by atoms with Crippen LogP contribution in [-0.4, -0.2) is 64.1 Å². The Hall–Kier alpha value is -2.74. The summed E-state index contributed by atoms with van der Waals surface area (Å²) in [5, 5.41) is 10.9. The lowest BCUT2D eigenvalue weighted by atomic mass is 9.81. The van der Waals surface area contributed by atoms with Crippen molar-refractivity contribution in [1.82, 2.24) is 25.2 Å². The quantitative estimate of drug-likeness (QED) is 0.873. The van der Waals surface area contributed by atoms with Crippen molar-refractivity contribution in [3.63, 3.8) is 0 Å². The van der Waals surface area contributed by atoms with E-state index in [0.29, 0.717) is 25.3 Å². The molecule has 2 amide bonds. The highest BCUT2D eigenvalue weighted by Crippen LogP contribution is 2.33. The van der Waals surface area contributed by atoms with Crippen molar-refractivity contribution < 1.29 is 14.3 Å². The predicted octanol–water partition coefficient (Wildman–Crippen LogP) is 1.02. The maximum atomic E-state index is 13.1. The third-order valence-electron chi connectivity index (χ3n) is 5.43. The number of amides is 2. The van der Waals surface area contributed by atoms with Crippen LogP contribution >= 0.6 is 0 Å². The number of carbonyl (C=O) groups excluding carboxylic acids is 2. The first-order chi connectivity index (χ1) is 13.2. The summed E-state index contributed by atoms with van der Waals surface area (Å²) >= 11 is 0.